The number of rotatable bonds is 6. The Morgan fingerprint density at radius 1 is 1.03 bits per heavy atom. The predicted octanol–water partition coefficient (Wildman–Crippen LogP) is 3.88. The largest absolute Gasteiger partial charge is 0.465 e. The molecular weight excluding hydrogens is 418 g/mol. The van der Waals surface area contributed by atoms with Gasteiger partial charge in [-0.25, -0.2) is 4.79 Å². The Kier molecular flexibility index (Phi) is 7.96. The topological polar surface area (TPSA) is 122 Å². The molecule has 1 aromatic carbocycles. The zero-order valence-corrected chi connectivity index (χ0v) is 18.8. The molecule has 0 saturated carbocycles. The Balaban J connectivity index is 3.47. The van der Waals surface area contributed by atoms with Crippen LogP contribution in [0.25, 0.3) is 0 Å². The van der Waals surface area contributed by atoms with Gasteiger partial charge in [-0.05, 0) is 47.6 Å². The molecular formula is C20H26ClNO8. The summed E-state index contributed by atoms with van der Waals surface area (Å²) in [5.74, 6) is -4.12. The van der Waals surface area contributed by atoms with Crippen molar-refractivity contribution in [2.75, 3.05) is 7.11 Å². The van der Waals surface area contributed by atoms with Crippen molar-refractivity contribution in [1.29, 1.82) is 0 Å². The van der Waals surface area contributed by atoms with E-state index in [0.29, 0.717) is 0 Å². The minimum absolute atomic E-state index is 0.101. The van der Waals surface area contributed by atoms with Gasteiger partial charge in [0.25, 0.3) is 5.69 Å². The van der Waals surface area contributed by atoms with Crippen LogP contribution in [0.1, 0.15) is 57.5 Å². The maximum Gasteiger partial charge on any atom is 0.338 e. The second-order valence-corrected chi connectivity index (χ2v) is 8.94. The summed E-state index contributed by atoms with van der Waals surface area (Å²) in [7, 11) is 1.12. The van der Waals surface area contributed by atoms with Crippen LogP contribution < -0.4 is 0 Å². The highest BCUT2D eigenvalue weighted by atomic mass is 35.5. The van der Waals surface area contributed by atoms with Gasteiger partial charge in [0, 0.05) is 18.1 Å². The average molecular weight is 444 g/mol. The fraction of sp³-hybridized carbons (Fsp3) is 0.550. The first-order valence-corrected chi connectivity index (χ1v) is 9.44. The molecule has 1 rings (SSSR count). The number of carbonyl (C=O) groups is 3. The van der Waals surface area contributed by atoms with Crippen LogP contribution in [-0.2, 0) is 30.2 Å². The predicted molar refractivity (Wildman–Crippen MR) is 108 cm³/mol. The van der Waals surface area contributed by atoms with E-state index in [9.17, 15) is 24.5 Å². The Hall–Kier alpha value is -2.68. The van der Waals surface area contributed by atoms with Gasteiger partial charge in [-0.2, -0.15) is 0 Å². The van der Waals surface area contributed by atoms with Crippen molar-refractivity contribution in [3.05, 3.63) is 38.4 Å². The van der Waals surface area contributed by atoms with Gasteiger partial charge < -0.3 is 14.2 Å². The molecule has 0 amide bonds. The van der Waals surface area contributed by atoms with E-state index >= 15 is 0 Å². The van der Waals surface area contributed by atoms with Crippen LogP contribution in [0.15, 0.2) is 12.1 Å². The minimum Gasteiger partial charge on any atom is -0.465 e. The van der Waals surface area contributed by atoms with Crippen molar-refractivity contribution in [3.8, 4) is 0 Å². The lowest BCUT2D eigenvalue weighted by atomic mass is 9.96. The normalized spacial score (nSPS) is 11.8. The fourth-order valence-electron chi connectivity index (χ4n) is 2.44. The third-order valence-electron chi connectivity index (χ3n) is 3.58. The zero-order chi connectivity index (χ0) is 23.4. The van der Waals surface area contributed by atoms with Gasteiger partial charge in [0.15, 0.2) is 5.92 Å². The number of nitrogens with zero attached hydrogens (tertiary/aromatic N) is 1. The standard InChI is InChI=1S/C20H26ClNO8/c1-19(2,3)29-17(24)13(18(25)30-20(4,5)6)10-12-14(21)8-11(16(23)28-7)9-15(12)22(26)27/h8-9,13H,10H2,1-7H3. The Morgan fingerprint density at radius 3 is 1.87 bits per heavy atom. The molecule has 0 bridgehead atoms. The first kappa shape index (κ1) is 25.4. The molecule has 0 aliphatic rings. The maximum absolute atomic E-state index is 12.7. The molecule has 166 valence electrons. The van der Waals surface area contributed by atoms with E-state index in [1.807, 2.05) is 0 Å². The smallest absolute Gasteiger partial charge is 0.338 e. The number of esters is 3. The van der Waals surface area contributed by atoms with Crippen LogP contribution in [0.2, 0.25) is 5.02 Å². The molecule has 0 aliphatic carbocycles. The number of hydrogen-bond donors (Lipinski definition) is 0. The van der Waals surface area contributed by atoms with Crippen LogP contribution >= 0.6 is 11.6 Å². The van der Waals surface area contributed by atoms with E-state index < -0.39 is 52.1 Å². The van der Waals surface area contributed by atoms with Crippen LogP contribution in [-0.4, -0.2) is 41.1 Å². The summed E-state index contributed by atoms with van der Waals surface area (Å²) in [5.41, 5.74) is -2.57. The summed E-state index contributed by atoms with van der Waals surface area (Å²) in [6.45, 7) is 9.74. The van der Waals surface area contributed by atoms with E-state index in [1.54, 1.807) is 41.5 Å². The number of carbonyl (C=O) groups excluding carboxylic acids is 3. The summed E-state index contributed by atoms with van der Waals surface area (Å²) in [5, 5.41) is 11.4. The van der Waals surface area contributed by atoms with Crippen molar-refractivity contribution < 1.29 is 33.5 Å². The van der Waals surface area contributed by atoms with E-state index in [4.69, 9.17) is 21.1 Å². The van der Waals surface area contributed by atoms with E-state index in [-0.39, 0.29) is 16.1 Å². The van der Waals surface area contributed by atoms with Crippen molar-refractivity contribution in [2.24, 2.45) is 5.92 Å². The number of methoxy groups -OCH3 is 1. The monoisotopic (exact) mass is 443 g/mol. The van der Waals surface area contributed by atoms with Gasteiger partial charge in [-0.1, -0.05) is 11.6 Å². The molecule has 9 nitrogen and oxygen atoms in total. The molecule has 0 aromatic heterocycles. The molecule has 0 aliphatic heterocycles. The fourth-order valence-corrected chi connectivity index (χ4v) is 2.73. The lowest BCUT2D eigenvalue weighted by Crippen LogP contribution is -2.38. The summed E-state index contributed by atoms with van der Waals surface area (Å²) < 4.78 is 15.2. The quantitative estimate of drug-likeness (QED) is 0.213. The molecule has 0 atom stereocenters. The Morgan fingerprint density at radius 2 is 1.50 bits per heavy atom. The van der Waals surface area contributed by atoms with Crippen LogP contribution in [0.5, 0.6) is 0 Å². The third-order valence-corrected chi connectivity index (χ3v) is 3.92. The first-order chi connectivity index (χ1) is 13.6. The molecule has 0 radical (unpaired) electrons. The highest BCUT2D eigenvalue weighted by Gasteiger charge is 2.37. The molecule has 0 heterocycles. The number of nitro benzene ring substituents is 1. The summed E-state index contributed by atoms with van der Waals surface area (Å²) in [4.78, 5) is 48.0. The van der Waals surface area contributed by atoms with Crippen molar-refractivity contribution in [2.45, 2.75) is 59.2 Å². The summed E-state index contributed by atoms with van der Waals surface area (Å²) in [6, 6.07) is 2.16. The van der Waals surface area contributed by atoms with Crippen LogP contribution in [0.4, 0.5) is 5.69 Å². The Labute approximate surface area is 179 Å². The van der Waals surface area contributed by atoms with Crippen molar-refractivity contribution in [1.82, 2.24) is 0 Å². The van der Waals surface area contributed by atoms with Crippen LogP contribution in [0, 0.1) is 16.0 Å². The molecule has 0 N–H and O–H groups in total. The van der Waals surface area contributed by atoms with Gasteiger partial charge in [0.05, 0.1) is 22.6 Å². The number of hydrogen-bond acceptors (Lipinski definition) is 8. The van der Waals surface area contributed by atoms with Gasteiger partial charge in [0.2, 0.25) is 0 Å². The molecule has 0 unspecified atom stereocenters. The van der Waals surface area contributed by atoms with Gasteiger partial charge in [0.1, 0.15) is 11.2 Å². The molecule has 30 heavy (non-hydrogen) atoms. The minimum atomic E-state index is -1.50. The van der Waals surface area contributed by atoms with Gasteiger partial charge in [-0.3, -0.25) is 19.7 Å². The molecule has 0 saturated heterocycles. The number of ether oxygens (including phenoxy) is 3. The van der Waals surface area contributed by atoms with Crippen molar-refractivity contribution >= 4 is 35.2 Å². The summed E-state index contributed by atoms with van der Waals surface area (Å²) >= 11 is 6.18. The van der Waals surface area contributed by atoms with E-state index in [1.165, 1.54) is 6.07 Å². The summed E-state index contributed by atoms with van der Waals surface area (Å²) in [6.07, 6.45) is -0.444. The highest BCUT2D eigenvalue weighted by Crippen LogP contribution is 2.32. The van der Waals surface area contributed by atoms with E-state index in [0.717, 1.165) is 13.2 Å². The SMILES string of the molecule is COC(=O)c1cc(Cl)c(CC(C(=O)OC(C)(C)C)C(=O)OC(C)(C)C)c([N+](=O)[O-])c1. The Bertz CT molecular complexity index is 824. The maximum atomic E-state index is 12.7. The lowest BCUT2D eigenvalue weighted by Gasteiger charge is -2.26. The van der Waals surface area contributed by atoms with Gasteiger partial charge >= 0.3 is 17.9 Å². The average Bonchev–Trinajstić information content (AvgIpc) is 2.55. The number of halogens is 1. The molecule has 10 heteroatoms. The number of nitro groups is 1. The molecule has 0 spiro atoms. The lowest BCUT2D eigenvalue weighted by molar-refractivity contribution is -0.385. The van der Waals surface area contributed by atoms with Crippen molar-refractivity contribution in [3.63, 3.8) is 0 Å². The van der Waals surface area contributed by atoms with E-state index in [2.05, 4.69) is 4.74 Å². The molecule has 0 fully saturated rings. The second-order valence-electron chi connectivity index (χ2n) is 8.53. The number of benzene rings is 1. The highest BCUT2D eigenvalue weighted by molar-refractivity contribution is 6.32. The molecule has 1 aromatic rings. The third kappa shape index (κ3) is 7.29. The van der Waals surface area contributed by atoms with Crippen LogP contribution in [0.3, 0.4) is 0 Å². The second kappa shape index (κ2) is 9.42. The van der Waals surface area contributed by atoms with Gasteiger partial charge in [-0.15, -0.1) is 0 Å². The zero-order valence-electron chi connectivity index (χ0n) is 18.0. The first-order valence-electron chi connectivity index (χ1n) is 9.06.